The largest absolute Gasteiger partial charge is 0.336 e. The predicted octanol–water partition coefficient (Wildman–Crippen LogP) is 2.07. The number of hydrogen-bond donors (Lipinski definition) is 0. The molecular weight excluding hydrogens is 189 g/mol. The van der Waals surface area contributed by atoms with Gasteiger partial charge in [0.05, 0.1) is 0 Å². The molecule has 0 saturated carbocycles. The second-order valence-corrected chi connectivity index (χ2v) is 1.87. The summed E-state index contributed by atoms with van der Waals surface area (Å²) in [6, 6.07) is 0. The van der Waals surface area contributed by atoms with Crippen LogP contribution in [0, 0.1) is 12.8 Å². The first-order valence-electron chi connectivity index (χ1n) is 2.50. The average molecular weight is 204 g/mol. The van der Waals surface area contributed by atoms with Gasteiger partial charge >= 0.3 is 0 Å². The van der Waals surface area contributed by atoms with Gasteiger partial charge in [-0.2, -0.15) is 0 Å². The van der Waals surface area contributed by atoms with Crippen molar-refractivity contribution in [3.8, 4) is 0 Å². The smallest absolute Gasteiger partial charge is 0.105 e. The van der Waals surface area contributed by atoms with E-state index in [1.54, 1.807) is 0 Å². The van der Waals surface area contributed by atoms with E-state index in [1.165, 1.54) is 0 Å². The van der Waals surface area contributed by atoms with Crippen LogP contribution in [0.3, 0.4) is 0 Å². The predicted molar refractivity (Wildman–Crippen MR) is 36.5 cm³/mol. The number of Topliss-reactive ketones (excluding diaryl/α,β-unsaturated/α-hetero) is 1. The van der Waals surface area contributed by atoms with Crippen LogP contribution in [0.5, 0.6) is 0 Å². The Balaban J connectivity index is -0.000000180. The van der Waals surface area contributed by atoms with Gasteiger partial charge in [-0.05, 0) is 0 Å². The molecule has 0 fully saturated rings. The van der Waals surface area contributed by atoms with Crippen molar-refractivity contribution in [3.63, 3.8) is 0 Å². The fourth-order valence-electron chi connectivity index (χ4n) is 0.289. The first-order valence-corrected chi connectivity index (χ1v) is 2.50. The third kappa shape index (κ3) is 8.77. The van der Waals surface area contributed by atoms with Gasteiger partial charge in [0.2, 0.25) is 0 Å². The van der Waals surface area contributed by atoms with Crippen molar-refractivity contribution in [3.05, 3.63) is 6.92 Å². The maximum Gasteiger partial charge on any atom is 0.105 e. The van der Waals surface area contributed by atoms with Gasteiger partial charge < -0.3 is 11.7 Å². The van der Waals surface area contributed by atoms with Crippen LogP contribution in [0.15, 0.2) is 0 Å². The van der Waals surface area contributed by atoms with Crippen LogP contribution in [-0.4, -0.2) is 5.78 Å². The van der Waals surface area contributed by atoms with Gasteiger partial charge in [-0.15, -0.1) is 6.42 Å². The molecule has 0 aliphatic carbocycles. The molecule has 0 spiro atoms. The molecule has 0 aliphatic heterocycles. The van der Waals surface area contributed by atoms with Gasteiger partial charge in [-0.3, -0.25) is 0 Å². The van der Waals surface area contributed by atoms with E-state index in [4.69, 9.17) is 0 Å². The molecular formula is C7H15OY-. The summed E-state index contributed by atoms with van der Waals surface area (Å²) in [5.74, 6) is 0.400. The number of carbonyl (C=O) groups is 1. The van der Waals surface area contributed by atoms with Crippen LogP contribution >= 0.6 is 0 Å². The third-order valence-corrected chi connectivity index (χ3v) is 0.890. The maximum absolute atomic E-state index is 10.4. The zero-order chi connectivity index (χ0) is 5.86. The molecule has 0 saturated heterocycles. The van der Waals surface area contributed by atoms with Crippen molar-refractivity contribution in [2.75, 3.05) is 0 Å². The van der Waals surface area contributed by atoms with Crippen LogP contribution in [0.4, 0.5) is 0 Å². The van der Waals surface area contributed by atoms with E-state index in [2.05, 4.69) is 6.92 Å². The van der Waals surface area contributed by atoms with Crippen molar-refractivity contribution < 1.29 is 37.5 Å². The van der Waals surface area contributed by atoms with Crippen LogP contribution in [0.25, 0.3) is 0 Å². The Labute approximate surface area is 83.5 Å². The molecule has 0 atom stereocenters. The summed E-state index contributed by atoms with van der Waals surface area (Å²) in [6.45, 7) is 7.22. The summed E-state index contributed by atoms with van der Waals surface area (Å²) < 4.78 is 0. The van der Waals surface area contributed by atoms with Crippen molar-refractivity contribution in [2.24, 2.45) is 5.92 Å². The monoisotopic (exact) mass is 204 g/mol. The number of rotatable bonds is 2. The molecule has 0 aromatic carbocycles. The summed E-state index contributed by atoms with van der Waals surface area (Å²) in [7, 11) is 0. The van der Waals surface area contributed by atoms with Gasteiger partial charge in [0.25, 0.3) is 0 Å². The number of ketones is 1. The second kappa shape index (κ2) is 8.77. The summed E-state index contributed by atoms with van der Waals surface area (Å²) in [6.07, 6.45) is 0.428. The zero-order valence-electron chi connectivity index (χ0n) is 5.48. The summed E-state index contributed by atoms with van der Waals surface area (Å²) in [4.78, 5) is 10.4. The van der Waals surface area contributed by atoms with Gasteiger partial charge in [0.1, 0.15) is 5.78 Å². The summed E-state index contributed by atoms with van der Waals surface area (Å²) >= 11 is 0. The standard InChI is InChI=1S/C6H11O.CH4.Y/c1-4-6(7)5(2)3;;/h5H,1,4H2,2-3H3;1H4;/q-1;;. The van der Waals surface area contributed by atoms with Crippen LogP contribution < -0.4 is 0 Å². The first-order chi connectivity index (χ1) is 3.18. The van der Waals surface area contributed by atoms with Crippen LogP contribution in [0.2, 0.25) is 0 Å². The van der Waals surface area contributed by atoms with Crippen LogP contribution in [-0.2, 0) is 37.5 Å². The van der Waals surface area contributed by atoms with Gasteiger partial charge in [-0.25, -0.2) is 0 Å². The second-order valence-electron chi connectivity index (χ2n) is 1.87. The Morgan fingerprint density at radius 3 is 1.89 bits per heavy atom. The Bertz CT molecular complexity index is 69.3. The molecule has 0 rings (SSSR count). The molecule has 0 aromatic rings. The van der Waals surface area contributed by atoms with E-state index < -0.39 is 0 Å². The SMILES string of the molecule is C.[CH2-]CC(=O)C(C)C.[Y]. The fourth-order valence-corrected chi connectivity index (χ4v) is 0.289. The molecule has 1 nitrogen and oxygen atoms in total. The summed E-state index contributed by atoms with van der Waals surface area (Å²) in [5.41, 5.74) is 0. The van der Waals surface area contributed by atoms with Crippen LogP contribution in [0.1, 0.15) is 27.7 Å². The molecule has 53 valence electrons. The molecule has 2 heteroatoms. The molecule has 9 heavy (non-hydrogen) atoms. The topological polar surface area (TPSA) is 17.1 Å². The van der Waals surface area contributed by atoms with E-state index in [-0.39, 0.29) is 51.8 Å². The van der Waals surface area contributed by atoms with Gasteiger partial charge in [-0.1, -0.05) is 21.3 Å². The Hall–Kier alpha value is 0.774. The molecule has 0 aliphatic rings. The van der Waals surface area contributed by atoms with E-state index in [0.29, 0.717) is 6.42 Å². The van der Waals surface area contributed by atoms with Crippen molar-refractivity contribution in [1.82, 2.24) is 0 Å². The molecule has 0 unspecified atom stereocenters. The van der Waals surface area contributed by atoms with Crippen molar-refractivity contribution in [1.29, 1.82) is 0 Å². The van der Waals surface area contributed by atoms with Gasteiger partial charge in [0.15, 0.2) is 0 Å². The maximum atomic E-state index is 10.4. The van der Waals surface area contributed by atoms with Crippen molar-refractivity contribution >= 4 is 5.78 Å². The number of hydrogen-bond acceptors (Lipinski definition) is 1. The normalized spacial score (nSPS) is 7.56. The van der Waals surface area contributed by atoms with E-state index in [1.807, 2.05) is 13.8 Å². The first kappa shape index (κ1) is 16.4. The van der Waals surface area contributed by atoms with Crippen molar-refractivity contribution in [2.45, 2.75) is 27.7 Å². The zero-order valence-corrected chi connectivity index (χ0v) is 8.32. The minimum Gasteiger partial charge on any atom is -0.336 e. The third-order valence-electron chi connectivity index (χ3n) is 0.890. The molecule has 1 radical (unpaired) electrons. The quantitative estimate of drug-likeness (QED) is 0.629. The Morgan fingerprint density at radius 2 is 1.89 bits per heavy atom. The summed E-state index contributed by atoms with van der Waals surface area (Å²) in [5, 5.41) is 0. The fraction of sp³-hybridized carbons (Fsp3) is 0.714. The average Bonchev–Trinajstić information content (AvgIpc) is 1.65. The van der Waals surface area contributed by atoms with E-state index in [9.17, 15) is 4.79 Å². The minimum absolute atomic E-state index is 0. The van der Waals surface area contributed by atoms with E-state index >= 15 is 0 Å². The number of carbonyl (C=O) groups excluding carboxylic acids is 1. The Kier molecular flexibility index (Phi) is 16.0. The molecule has 0 bridgehead atoms. The molecule has 0 heterocycles. The van der Waals surface area contributed by atoms with E-state index in [0.717, 1.165) is 0 Å². The molecule has 0 amide bonds. The Morgan fingerprint density at radius 1 is 1.56 bits per heavy atom. The molecule has 0 N–H and O–H groups in total. The van der Waals surface area contributed by atoms with Gasteiger partial charge in [0, 0.05) is 38.6 Å². The minimum atomic E-state index is 0. The molecule has 0 aromatic heterocycles.